The number of hydrogen-bond donors (Lipinski definition) is 1. The molecule has 0 aliphatic carbocycles. The highest BCUT2D eigenvalue weighted by atomic mass is 35.5. The van der Waals surface area contributed by atoms with Gasteiger partial charge < -0.3 is 9.47 Å². The molecule has 2 unspecified atom stereocenters. The van der Waals surface area contributed by atoms with E-state index in [1.54, 1.807) is 55.5 Å². The predicted octanol–water partition coefficient (Wildman–Crippen LogP) is 2.65. The first kappa shape index (κ1) is 20.9. The molecule has 0 radical (unpaired) electrons. The number of carbonyl (C=O) groups excluding carboxylic acids is 3. The largest absolute Gasteiger partial charge is 0.494 e. The van der Waals surface area contributed by atoms with Crippen LogP contribution < -0.4 is 15.1 Å². The Labute approximate surface area is 183 Å². The molecular weight excluding hydrogens is 422 g/mol. The molecule has 2 aromatic rings. The van der Waals surface area contributed by atoms with Crippen LogP contribution >= 0.6 is 11.6 Å². The first-order chi connectivity index (χ1) is 14.9. The Morgan fingerprint density at radius 2 is 1.77 bits per heavy atom. The van der Waals surface area contributed by atoms with Gasteiger partial charge in [0.2, 0.25) is 5.91 Å². The van der Waals surface area contributed by atoms with Crippen molar-refractivity contribution in [2.24, 2.45) is 11.0 Å². The molecule has 4 rings (SSSR count). The number of nitrogens with one attached hydrogen (secondary N) is 1. The predicted molar refractivity (Wildman–Crippen MR) is 114 cm³/mol. The number of rotatable bonds is 6. The van der Waals surface area contributed by atoms with E-state index < -0.39 is 29.2 Å². The summed E-state index contributed by atoms with van der Waals surface area (Å²) >= 11 is 6.01. The molecule has 0 saturated carbocycles. The fraction of sp³-hybridized carbons (Fsp3) is 0.273. The van der Waals surface area contributed by atoms with E-state index in [0.717, 1.165) is 4.90 Å². The van der Waals surface area contributed by atoms with E-state index in [1.165, 1.54) is 0 Å². The van der Waals surface area contributed by atoms with E-state index in [0.29, 0.717) is 28.6 Å². The maximum absolute atomic E-state index is 13.7. The number of benzene rings is 2. The van der Waals surface area contributed by atoms with Gasteiger partial charge in [-0.05, 0) is 55.8 Å². The number of esters is 1. The number of imide groups is 1. The Morgan fingerprint density at radius 1 is 1.10 bits per heavy atom. The Morgan fingerprint density at radius 3 is 2.39 bits per heavy atom. The molecule has 2 aromatic carbocycles. The van der Waals surface area contributed by atoms with Crippen molar-refractivity contribution in [2.75, 3.05) is 18.1 Å². The number of fused-ring (bicyclic) bond motifs is 1. The van der Waals surface area contributed by atoms with E-state index in [2.05, 4.69) is 10.5 Å². The van der Waals surface area contributed by atoms with Gasteiger partial charge in [0.1, 0.15) is 11.7 Å². The molecule has 2 heterocycles. The number of nitrogens with zero attached hydrogens (tertiary/aromatic N) is 2. The smallest absolute Gasteiger partial charge is 0.355 e. The van der Waals surface area contributed by atoms with Crippen molar-refractivity contribution in [2.45, 2.75) is 19.4 Å². The van der Waals surface area contributed by atoms with Gasteiger partial charge in [-0.15, -0.1) is 0 Å². The van der Waals surface area contributed by atoms with Crippen LogP contribution in [0.5, 0.6) is 5.75 Å². The summed E-state index contributed by atoms with van der Waals surface area (Å²) in [5.74, 6) is -2.42. The van der Waals surface area contributed by atoms with Gasteiger partial charge in [0, 0.05) is 5.02 Å². The van der Waals surface area contributed by atoms with Gasteiger partial charge in [-0.2, -0.15) is 5.10 Å². The van der Waals surface area contributed by atoms with Crippen molar-refractivity contribution < 1.29 is 23.9 Å². The van der Waals surface area contributed by atoms with E-state index >= 15 is 0 Å². The summed E-state index contributed by atoms with van der Waals surface area (Å²) in [6.07, 6.45) is 0. The third kappa shape index (κ3) is 3.23. The molecule has 0 bridgehead atoms. The number of halogens is 1. The molecule has 0 spiro atoms. The van der Waals surface area contributed by atoms with Crippen LogP contribution in [-0.2, 0) is 24.7 Å². The zero-order valence-electron chi connectivity index (χ0n) is 16.9. The quantitative estimate of drug-likeness (QED) is 0.546. The molecular formula is C22H20ClN3O5. The molecule has 8 nitrogen and oxygen atoms in total. The zero-order chi connectivity index (χ0) is 22.2. The number of anilines is 1. The lowest BCUT2D eigenvalue weighted by molar-refractivity contribution is -0.136. The summed E-state index contributed by atoms with van der Waals surface area (Å²) < 4.78 is 10.5. The van der Waals surface area contributed by atoms with E-state index in [1.807, 2.05) is 6.92 Å². The van der Waals surface area contributed by atoms with Gasteiger partial charge in [-0.25, -0.2) is 9.69 Å². The Balaban J connectivity index is 1.80. The molecule has 2 aliphatic rings. The van der Waals surface area contributed by atoms with Crippen molar-refractivity contribution in [3.05, 3.63) is 59.1 Å². The number of ether oxygens (including phenoxy) is 2. The van der Waals surface area contributed by atoms with E-state index in [9.17, 15) is 14.4 Å². The summed E-state index contributed by atoms with van der Waals surface area (Å²) in [4.78, 5) is 40.8. The maximum atomic E-state index is 13.7. The second kappa shape index (κ2) is 8.03. The molecule has 2 amide bonds. The minimum absolute atomic E-state index is 0.114. The summed E-state index contributed by atoms with van der Waals surface area (Å²) in [7, 11) is 0. The van der Waals surface area contributed by atoms with Crippen LogP contribution in [-0.4, -0.2) is 36.7 Å². The second-order valence-electron chi connectivity index (χ2n) is 6.98. The number of amides is 2. The number of hydrogen-bond acceptors (Lipinski definition) is 7. The summed E-state index contributed by atoms with van der Waals surface area (Å²) in [6, 6.07) is 13.1. The SMILES string of the molecule is CCOC(=O)C1=NNC2(c3ccc(Cl)cc3)C(=O)N(c3ccc(OCC)cc3)C(=O)C12. The second-order valence-corrected chi connectivity index (χ2v) is 7.42. The third-order valence-corrected chi connectivity index (χ3v) is 5.51. The Bertz CT molecular complexity index is 1070. The summed E-state index contributed by atoms with van der Waals surface area (Å²) in [6.45, 7) is 4.12. The molecule has 160 valence electrons. The van der Waals surface area contributed by atoms with E-state index in [-0.39, 0.29) is 12.3 Å². The molecule has 9 heteroatoms. The lowest BCUT2D eigenvalue weighted by Crippen LogP contribution is -2.48. The van der Waals surface area contributed by atoms with Crippen LogP contribution in [0.1, 0.15) is 19.4 Å². The minimum atomic E-state index is -1.57. The van der Waals surface area contributed by atoms with Crippen LogP contribution in [0, 0.1) is 5.92 Å². The minimum Gasteiger partial charge on any atom is -0.494 e. The van der Waals surface area contributed by atoms with E-state index in [4.69, 9.17) is 21.1 Å². The molecule has 31 heavy (non-hydrogen) atoms. The number of hydrazone groups is 1. The average molecular weight is 442 g/mol. The number of carbonyl (C=O) groups is 3. The van der Waals surface area contributed by atoms with Crippen molar-refractivity contribution in [1.29, 1.82) is 0 Å². The molecule has 2 atom stereocenters. The van der Waals surface area contributed by atoms with Crippen LogP contribution in [0.2, 0.25) is 5.02 Å². The van der Waals surface area contributed by atoms with Crippen LogP contribution in [0.4, 0.5) is 5.69 Å². The van der Waals surface area contributed by atoms with Gasteiger partial charge >= 0.3 is 5.97 Å². The normalized spacial score (nSPS) is 22.1. The van der Waals surface area contributed by atoms with Gasteiger partial charge in [0.15, 0.2) is 11.3 Å². The van der Waals surface area contributed by atoms with Crippen molar-refractivity contribution >= 4 is 40.8 Å². The van der Waals surface area contributed by atoms with Gasteiger partial charge in [0.05, 0.1) is 18.9 Å². The standard InChI is InChI=1S/C22H20ClN3O5/c1-3-30-16-11-9-15(10-12-16)26-19(27)17-18(20(28)31-4-2)24-25-22(17,21(26)29)13-5-7-14(23)8-6-13/h5-12,17,25H,3-4H2,1-2H3. The zero-order valence-corrected chi connectivity index (χ0v) is 17.7. The van der Waals surface area contributed by atoms with Crippen molar-refractivity contribution in [1.82, 2.24) is 5.43 Å². The highest BCUT2D eigenvalue weighted by Gasteiger charge is 2.67. The molecule has 0 aromatic heterocycles. The third-order valence-electron chi connectivity index (χ3n) is 5.26. The first-order valence-corrected chi connectivity index (χ1v) is 10.2. The topological polar surface area (TPSA) is 97.3 Å². The molecule has 1 saturated heterocycles. The first-order valence-electron chi connectivity index (χ1n) is 9.83. The fourth-order valence-electron chi connectivity index (χ4n) is 3.90. The average Bonchev–Trinajstić information content (AvgIpc) is 3.26. The molecule has 1 N–H and O–H groups in total. The highest BCUT2D eigenvalue weighted by molar-refractivity contribution is 6.47. The summed E-state index contributed by atoms with van der Waals surface area (Å²) in [5.41, 5.74) is 1.91. The summed E-state index contributed by atoms with van der Waals surface area (Å²) in [5, 5.41) is 4.52. The van der Waals surface area contributed by atoms with Crippen molar-refractivity contribution in [3.8, 4) is 5.75 Å². The Kier molecular flexibility index (Phi) is 5.41. The van der Waals surface area contributed by atoms with Gasteiger partial charge in [0.25, 0.3) is 5.91 Å². The monoisotopic (exact) mass is 441 g/mol. The van der Waals surface area contributed by atoms with Crippen LogP contribution in [0.3, 0.4) is 0 Å². The van der Waals surface area contributed by atoms with Crippen LogP contribution in [0.25, 0.3) is 0 Å². The molecule has 1 fully saturated rings. The highest BCUT2D eigenvalue weighted by Crippen LogP contribution is 2.45. The Hall–Kier alpha value is -3.39. The lowest BCUT2D eigenvalue weighted by Gasteiger charge is -2.26. The van der Waals surface area contributed by atoms with Gasteiger partial charge in [-0.3, -0.25) is 15.0 Å². The van der Waals surface area contributed by atoms with Crippen LogP contribution in [0.15, 0.2) is 53.6 Å². The molecule has 2 aliphatic heterocycles. The fourth-order valence-corrected chi connectivity index (χ4v) is 4.03. The van der Waals surface area contributed by atoms with Gasteiger partial charge in [-0.1, -0.05) is 23.7 Å². The maximum Gasteiger partial charge on any atom is 0.355 e. The van der Waals surface area contributed by atoms with Crippen molar-refractivity contribution in [3.63, 3.8) is 0 Å². The lowest BCUT2D eigenvalue weighted by atomic mass is 9.79.